The lowest BCUT2D eigenvalue weighted by molar-refractivity contribution is 0.331. The summed E-state index contributed by atoms with van der Waals surface area (Å²) in [6, 6.07) is 0. The fourth-order valence-electron chi connectivity index (χ4n) is 1.63. The third-order valence-corrected chi connectivity index (χ3v) is 3.85. The van der Waals surface area contributed by atoms with Crippen molar-refractivity contribution in [1.82, 2.24) is 9.88 Å². The van der Waals surface area contributed by atoms with Crippen LogP contribution in [0.3, 0.4) is 0 Å². The molecule has 0 bridgehead atoms. The topological polar surface area (TPSA) is 16.1 Å². The minimum absolute atomic E-state index is 0.817. The Bertz CT molecular complexity index is 266. The number of hydrogen-bond donors (Lipinski definition) is 1. The van der Waals surface area contributed by atoms with Crippen molar-refractivity contribution in [2.45, 2.75) is 25.1 Å². The Morgan fingerprint density at radius 3 is 2.85 bits per heavy atom. The molecule has 1 saturated heterocycles. The second-order valence-corrected chi connectivity index (χ2v) is 4.88. The van der Waals surface area contributed by atoms with E-state index in [2.05, 4.69) is 22.5 Å². The molecule has 0 unspecified atom stereocenters. The van der Waals surface area contributed by atoms with E-state index in [0.717, 1.165) is 12.3 Å². The smallest absolute Gasteiger partial charge is 0.107 e. The van der Waals surface area contributed by atoms with E-state index < -0.39 is 0 Å². The Kier molecular flexibility index (Phi) is 3.24. The summed E-state index contributed by atoms with van der Waals surface area (Å²) in [4.78, 5) is 8.13. The Labute approximate surface area is 88.4 Å². The molecule has 0 atom stereocenters. The molecular weight excluding hydrogens is 200 g/mol. The fraction of sp³-hybridized carbons (Fsp3) is 0.667. The van der Waals surface area contributed by atoms with Gasteiger partial charge in [-0.1, -0.05) is 0 Å². The molecule has 0 amide bonds. The molecule has 1 aliphatic rings. The molecule has 1 aromatic heterocycles. The lowest BCUT2D eigenvalue weighted by Gasteiger charge is -2.11. The Balaban J connectivity index is 1.92. The number of likely N-dealkylation sites (tertiary alicyclic amines) is 1. The summed E-state index contributed by atoms with van der Waals surface area (Å²) in [5.74, 6) is 0.817. The number of rotatable bonds is 3. The zero-order valence-electron chi connectivity index (χ0n) is 7.57. The second kappa shape index (κ2) is 4.44. The van der Waals surface area contributed by atoms with Crippen molar-refractivity contribution in [1.29, 1.82) is 0 Å². The molecule has 0 radical (unpaired) electrons. The molecule has 2 rings (SSSR count). The summed E-state index contributed by atoms with van der Waals surface area (Å²) in [7, 11) is 0. The van der Waals surface area contributed by atoms with Crippen LogP contribution in [-0.2, 0) is 12.3 Å². The van der Waals surface area contributed by atoms with Gasteiger partial charge in [0.15, 0.2) is 0 Å². The average molecular weight is 214 g/mol. The van der Waals surface area contributed by atoms with Gasteiger partial charge in [0.25, 0.3) is 0 Å². The van der Waals surface area contributed by atoms with Crippen molar-refractivity contribution < 1.29 is 0 Å². The predicted octanol–water partition coefficient (Wildman–Crippen LogP) is 2.17. The van der Waals surface area contributed by atoms with Crippen LogP contribution in [0.25, 0.3) is 0 Å². The van der Waals surface area contributed by atoms with Gasteiger partial charge >= 0.3 is 0 Å². The summed E-state index contributed by atoms with van der Waals surface area (Å²) in [6.07, 6.45) is 4.65. The predicted molar refractivity (Wildman–Crippen MR) is 59.3 cm³/mol. The maximum absolute atomic E-state index is 4.38. The minimum Gasteiger partial charge on any atom is -0.297 e. The van der Waals surface area contributed by atoms with Crippen molar-refractivity contribution in [3.05, 3.63) is 16.1 Å². The van der Waals surface area contributed by atoms with E-state index in [-0.39, 0.29) is 0 Å². The standard InChI is InChI=1S/C9H14N2S2/c12-7-8-5-10-9(13-8)6-11-3-1-2-4-11/h5,12H,1-4,6-7H2. The Morgan fingerprint density at radius 2 is 2.23 bits per heavy atom. The molecule has 2 nitrogen and oxygen atoms in total. The van der Waals surface area contributed by atoms with Crippen molar-refractivity contribution >= 4 is 24.0 Å². The highest BCUT2D eigenvalue weighted by Crippen LogP contribution is 2.18. The van der Waals surface area contributed by atoms with E-state index in [9.17, 15) is 0 Å². The number of thiol groups is 1. The van der Waals surface area contributed by atoms with Gasteiger partial charge in [-0.05, 0) is 25.9 Å². The molecule has 2 heterocycles. The quantitative estimate of drug-likeness (QED) is 0.776. The lowest BCUT2D eigenvalue weighted by Crippen LogP contribution is -2.17. The van der Waals surface area contributed by atoms with Gasteiger partial charge in [0.1, 0.15) is 5.01 Å². The van der Waals surface area contributed by atoms with Crippen molar-refractivity contribution in [3.8, 4) is 0 Å². The van der Waals surface area contributed by atoms with Gasteiger partial charge in [-0.2, -0.15) is 12.6 Å². The van der Waals surface area contributed by atoms with Gasteiger partial charge in [0, 0.05) is 16.8 Å². The van der Waals surface area contributed by atoms with E-state index in [1.807, 2.05) is 6.20 Å². The van der Waals surface area contributed by atoms with Crippen LogP contribution < -0.4 is 0 Å². The number of thiazole rings is 1. The highest BCUT2D eigenvalue weighted by Gasteiger charge is 2.13. The van der Waals surface area contributed by atoms with Crippen LogP contribution in [0.4, 0.5) is 0 Å². The molecular formula is C9H14N2S2. The zero-order chi connectivity index (χ0) is 9.10. The SMILES string of the molecule is SCc1cnc(CN2CCCC2)s1. The van der Waals surface area contributed by atoms with Crippen molar-refractivity contribution in [2.24, 2.45) is 0 Å². The molecule has 0 saturated carbocycles. The number of aromatic nitrogens is 1. The van der Waals surface area contributed by atoms with Crippen molar-refractivity contribution in [3.63, 3.8) is 0 Å². The fourth-order valence-corrected chi connectivity index (χ4v) is 2.73. The number of hydrogen-bond acceptors (Lipinski definition) is 4. The first-order chi connectivity index (χ1) is 6.38. The zero-order valence-corrected chi connectivity index (χ0v) is 9.28. The highest BCUT2D eigenvalue weighted by molar-refractivity contribution is 7.79. The van der Waals surface area contributed by atoms with E-state index in [1.54, 1.807) is 11.3 Å². The van der Waals surface area contributed by atoms with Gasteiger partial charge < -0.3 is 0 Å². The molecule has 1 aromatic rings. The molecule has 13 heavy (non-hydrogen) atoms. The number of nitrogens with zero attached hydrogens (tertiary/aromatic N) is 2. The van der Waals surface area contributed by atoms with Gasteiger partial charge in [-0.15, -0.1) is 11.3 Å². The Hall–Kier alpha value is -0.0600. The van der Waals surface area contributed by atoms with Crippen LogP contribution >= 0.6 is 24.0 Å². The second-order valence-electron chi connectivity index (χ2n) is 3.36. The van der Waals surface area contributed by atoms with Gasteiger partial charge in [0.05, 0.1) is 6.54 Å². The summed E-state index contributed by atoms with van der Waals surface area (Å²) in [5.41, 5.74) is 0. The largest absolute Gasteiger partial charge is 0.297 e. The molecule has 0 aromatic carbocycles. The Morgan fingerprint density at radius 1 is 1.46 bits per heavy atom. The average Bonchev–Trinajstić information content (AvgIpc) is 2.76. The maximum atomic E-state index is 4.38. The maximum Gasteiger partial charge on any atom is 0.107 e. The molecule has 4 heteroatoms. The summed E-state index contributed by atoms with van der Waals surface area (Å²) < 4.78 is 0. The molecule has 1 aliphatic heterocycles. The monoisotopic (exact) mass is 214 g/mol. The minimum atomic E-state index is 0.817. The third-order valence-electron chi connectivity index (χ3n) is 2.31. The summed E-state index contributed by atoms with van der Waals surface area (Å²) in [5, 5.41) is 1.24. The first kappa shape index (κ1) is 9.49. The van der Waals surface area contributed by atoms with Crippen LogP contribution in [0, 0.1) is 0 Å². The van der Waals surface area contributed by atoms with Crippen LogP contribution in [0.15, 0.2) is 6.20 Å². The van der Waals surface area contributed by atoms with Crippen LogP contribution in [0.2, 0.25) is 0 Å². The van der Waals surface area contributed by atoms with E-state index in [4.69, 9.17) is 0 Å². The highest BCUT2D eigenvalue weighted by atomic mass is 32.1. The van der Waals surface area contributed by atoms with Gasteiger partial charge in [-0.3, -0.25) is 4.90 Å². The lowest BCUT2D eigenvalue weighted by atomic mass is 10.4. The van der Waals surface area contributed by atoms with E-state index in [1.165, 1.54) is 35.8 Å². The van der Waals surface area contributed by atoms with E-state index >= 15 is 0 Å². The third kappa shape index (κ3) is 2.45. The molecule has 72 valence electrons. The molecule has 0 aliphatic carbocycles. The first-order valence-corrected chi connectivity index (χ1v) is 6.10. The summed E-state index contributed by atoms with van der Waals surface area (Å²) in [6.45, 7) is 3.53. The normalized spacial score (nSPS) is 18.2. The molecule has 0 N–H and O–H groups in total. The van der Waals surface area contributed by atoms with E-state index in [0.29, 0.717) is 0 Å². The van der Waals surface area contributed by atoms with Gasteiger partial charge in [-0.25, -0.2) is 4.98 Å². The first-order valence-electron chi connectivity index (χ1n) is 4.65. The summed E-state index contributed by atoms with van der Waals surface area (Å²) >= 11 is 6.02. The molecule has 1 fully saturated rings. The van der Waals surface area contributed by atoms with Crippen LogP contribution in [-0.4, -0.2) is 23.0 Å². The van der Waals surface area contributed by atoms with Crippen molar-refractivity contribution in [2.75, 3.05) is 13.1 Å². The van der Waals surface area contributed by atoms with Gasteiger partial charge in [0.2, 0.25) is 0 Å². The van der Waals surface area contributed by atoms with Crippen LogP contribution in [0.5, 0.6) is 0 Å². The molecule has 0 spiro atoms. The van der Waals surface area contributed by atoms with Crippen LogP contribution in [0.1, 0.15) is 22.7 Å².